The molecule has 1 aliphatic rings. The highest BCUT2D eigenvalue weighted by molar-refractivity contribution is 7.99. The molecule has 1 heterocycles. The molecule has 5 rings (SSSR count). The van der Waals surface area contributed by atoms with Crippen LogP contribution in [0.2, 0.25) is 0 Å². The minimum atomic E-state index is -0.960. The Balaban J connectivity index is 1.34. The van der Waals surface area contributed by atoms with E-state index in [0.717, 1.165) is 38.3 Å². The second-order valence-electron chi connectivity index (χ2n) is 11.7. The van der Waals surface area contributed by atoms with Gasteiger partial charge in [-0.3, -0.25) is 9.59 Å². The molecule has 48 heavy (non-hydrogen) atoms. The first-order chi connectivity index (χ1) is 23.1. The molecule has 0 radical (unpaired) electrons. The Morgan fingerprint density at radius 3 is 2.21 bits per heavy atom. The minimum absolute atomic E-state index is 0.00283. The van der Waals surface area contributed by atoms with E-state index in [0.29, 0.717) is 5.75 Å². The SMILES string of the molecule is CC(=O)O[C@@H](C)C(=O)NCc1ccccc1-c1ccc([C@H]2O[C@@H](CSc3ccc(C(=O)O)cc3)[C@@H](C)[C@@H](c3ccc(CO)cc3)O2)cc1. The van der Waals surface area contributed by atoms with E-state index in [1.165, 1.54) is 13.8 Å². The zero-order valence-electron chi connectivity index (χ0n) is 27.0. The van der Waals surface area contributed by atoms with E-state index in [1.807, 2.05) is 84.9 Å². The van der Waals surface area contributed by atoms with E-state index in [2.05, 4.69) is 12.2 Å². The quantitative estimate of drug-likeness (QED) is 0.111. The van der Waals surface area contributed by atoms with Crippen molar-refractivity contribution < 1.29 is 38.8 Å². The third-order valence-electron chi connectivity index (χ3n) is 8.32. The summed E-state index contributed by atoms with van der Waals surface area (Å²) in [6.07, 6.45) is -1.98. The monoisotopic (exact) mass is 669 g/mol. The van der Waals surface area contributed by atoms with E-state index in [9.17, 15) is 24.6 Å². The van der Waals surface area contributed by atoms with Crippen LogP contribution in [0.4, 0.5) is 0 Å². The number of aliphatic hydroxyl groups is 1. The fraction of sp³-hybridized carbons (Fsp3) is 0.289. The number of nitrogens with one attached hydrogen (secondary N) is 1. The molecule has 0 bridgehead atoms. The highest BCUT2D eigenvalue weighted by atomic mass is 32.2. The summed E-state index contributed by atoms with van der Waals surface area (Å²) in [7, 11) is 0. The van der Waals surface area contributed by atoms with Crippen molar-refractivity contribution in [3.05, 3.63) is 125 Å². The number of carbonyl (C=O) groups is 3. The number of carboxylic acid groups (broad SMARTS) is 1. The standard InChI is InChI=1S/C38H39NO8S/c1-23-34(22-48-32-18-16-29(17-19-32)37(43)44)46-38(47-35(23)28-10-8-26(21-40)9-11-28)30-14-12-27(13-15-30)33-7-5-4-6-31(33)20-39-36(42)24(2)45-25(3)41/h4-19,23-24,34-35,38,40H,20-22H2,1-3H3,(H,39,42)(H,43,44)/t23-,24+,34+,35+,38+/m1/s1. The van der Waals surface area contributed by atoms with Gasteiger partial charge in [0, 0.05) is 35.6 Å². The lowest BCUT2D eigenvalue weighted by molar-refractivity contribution is -0.268. The number of ether oxygens (including phenoxy) is 3. The van der Waals surface area contributed by atoms with Crippen LogP contribution in [0.25, 0.3) is 11.1 Å². The van der Waals surface area contributed by atoms with Gasteiger partial charge >= 0.3 is 11.9 Å². The second-order valence-corrected chi connectivity index (χ2v) is 12.8. The number of carboxylic acids is 1. The molecule has 0 aromatic heterocycles. The number of aliphatic hydroxyl groups excluding tert-OH is 1. The van der Waals surface area contributed by atoms with Crippen molar-refractivity contribution in [1.29, 1.82) is 0 Å². The van der Waals surface area contributed by atoms with E-state index >= 15 is 0 Å². The molecule has 1 aliphatic heterocycles. The lowest BCUT2D eigenvalue weighted by Gasteiger charge is -2.41. The fourth-order valence-electron chi connectivity index (χ4n) is 5.59. The Bertz CT molecular complexity index is 1710. The van der Waals surface area contributed by atoms with Gasteiger partial charge in [-0.25, -0.2) is 4.79 Å². The molecule has 1 fully saturated rings. The molecular formula is C38H39NO8S. The summed E-state index contributed by atoms with van der Waals surface area (Å²) in [5.41, 5.74) is 5.72. The molecule has 0 aliphatic carbocycles. The zero-order valence-corrected chi connectivity index (χ0v) is 27.8. The summed E-state index contributed by atoms with van der Waals surface area (Å²) < 4.78 is 18.2. The third-order valence-corrected chi connectivity index (χ3v) is 9.42. The van der Waals surface area contributed by atoms with Crippen LogP contribution in [0.15, 0.2) is 102 Å². The van der Waals surface area contributed by atoms with Crippen LogP contribution in [0, 0.1) is 5.92 Å². The maximum Gasteiger partial charge on any atom is 0.335 e. The van der Waals surface area contributed by atoms with Gasteiger partial charge in [-0.2, -0.15) is 0 Å². The number of rotatable bonds is 12. The summed E-state index contributed by atoms with van der Waals surface area (Å²) >= 11 is 1.60. The van der Waals surface area contributed by atoms with E-state index in [-0.39, 0.29) is 42.7 Å². The first kappa shape index (κ1) is 34.8. The number of esters is 1. The lowest BCUT2D eigenvalue weighted by atomic mass is 9.91. The molecule has 3 N–H and O–H groups in total. The predicted octanol–water partition coefficient (Wildman–Crippen LogP) is 6.70. The van der Waals surface area contributed by atoms with E-state index in [4.69, 9.17) is 14.2 Å². The van der Waals surface area contributed by atoms with E-state index in [1.54, 1.807) is 23.9 Å². The molecule has 4 aromatic rings. The fourth-order valence-corrected chi connectivity index (χ4v) is 6.65. The smallest absolute Gasteiger partial charge is 0.335 e. The van der Waals surface area contributed by atoms with Gasteiger partial charge < -0.3 is 29.7 Å². The van der Waals surface area contributed by atoms with Crippen LogP contribution >= 0.6 is 11.8 Å². The number of benzene rings is 4. The van der Waals surface area contributed by atoms with Crippen molar-refractivity contribution in [1.82, 2.24) is 5.32 Å². The van der Waals surface area contributed by atoms with Crippen molar-refractivity contribution in [2.24, 2.45) is 5.92 Å². The summed E-state index contributed by atoms with van der Waals surface area (Å²) in [6.45, 7) is 5.14. The number of thioether (sulfide) groups is 1. The minimum Gasteiger partial charge on any atom is -0.478 e. The van der Waals surface area contributed by atoms with Crippen LogP contribution in [-0.4, -0.2) is 46.0 Å². The van der Waals surface area contributed by atoms with Gasteiger partial charge in [0.15, 0.2) is 12.4 Å². The molecule has 4 aromatic carbocycles. The molecule has 250 valence electrons. The summed E-state index contributed by atoms with van der Waals surface area (Å²) in [5.74, 6) is -1.22. The predicted molar refractivity (Wildman–Crippen MR) is 182 cm³/mol. The van der Waals surface area contributed by atoms with Crippen LogP contribution in [0.1, 0.15) is 65.8 Å². The molecule has 5 atom stereocenters. The van der Waals surface area contributed by atoms with Crippen molar-refractivity contribution in [3.8, 4) is 11.1 Å². The van der Waals surface area contributed by atoms with Gasteiger partial charge in [0.25, 0.3) is 5.91 Å². The number of carbonyl (C=O) groups excluding carboxylic acids is 2. The first-order valence-electron chi connectivity index (χ1n) is 15.7. The van der Waals surface area contributed by atoms with Crippen molar-refractivity contribution in [3.63, 3.8) is 0 Å². The number of amides is 1. The Morgan fingerprint density at radius 1 is 0.896 bits per heavy atom. The maximum absolute atomic E-state index is 12.4. The average Bonchev–Trinajstić information content (AvgIpc) is 3.10. The van der Waals surface area contributed by atoms with Gasteiger partial charge in [-0.15, -0.1) is 11.8 Å². The summed E-state index contributed by atoms with van der Waals surface area (Å²) in [4.78, 5) is 35.9. The zero-order chi connectivity index (χ0) is 34.2. The largest absolute Gasteiger partial charge is 0.478 e. The molecule has 1 amide bonds. The van der Waals surface area contributed by atoms with Gasteiger partial charge in [0.2, 0.25) is 0 Å². The lowest BCUT2D eigenvalue weighted by Crippen LogP contribution is -2.38. The molecule has 0 unspecified atom stereocenters. The normalized spacial score (nSPS) is 19.7. The molecule has 10 heteroatoms. The molecule has 0 spiro atoms. The summed E-state index contributed by atoms with van der Waals surface area (Å²) in [6, 6.07) is 30.3. The first-order valence-corrected chi connectivity index (χ1v) is 16.7. The Hall–Kier alpha value is -4.48. The maximum atomic E-state index is 12.4. The van der Waals surface area contributed by atoms with Crippen molar-refractivity contribution in [2.45, 2.75) is 63.4 Å². The van der Waals surface area contributed by atoms with Crippen LogP contribution in [0.3, 0.4) is 0 Å². The molecule has 0 saturated carbocycles. The van der Waals surface area contributed by atoms with Gasteiger partial charge in [-0.05, 0) is 59.0 Å². The van der Waals surface area contributed by atoms with Gasteiger partial charge in [0.05, 0.1) is 24.4 Å². The average molecular weight is 670 g/mol. The molecular weight excluding hydrogens is 630 g/mol. The number of aromatic carboxylic acids is 1. The Kier molecular flexibility index (Phi) is 11.7. The van der Waals surface area contributed by atoms with Crippen LogP contribution < -0.4 is 5.32 Å². The van der Waals surface area contributed by atoms with Gasteiger partial charge in [-0.1, -0.05) is 79.7 Å². The number of hydrogen-bond donors (Lipinski definition) is 3. The number of hydrogen-bond acceptors (Lipinski definition) is 8. The van der Waals surface area contributed by atoms with E-state index < -0.39 is 24.3 Å². The Morgan fingerprint density at radius 2 is 1.56 bits per heavy atom. The molecule has 1 saturated heterocycles. The topological polar surface area (TPSA) is 131 Å². The van der Waals surface area contributed by atoms with Crippen LogP contribution in [-0.2, 0) is 37.0 Å². The highest BCUT2D eigenvalue weighted by Crippen LogP contribution is 2.43. The summed E-state index contributed by atoms with van der Waals surface area (Å²) in [5, 5.41) is 21.7. The molecule has 9 nitrogen and oxygen atoms in total. The Labute approximate surface area is 284 Å². The third kappa shape index (κ3) is 8.70. The van der Waals surface area contributed by atoms with Crippen molar-refractivity contribution >= 4 is 29.6 Å². The second kappa shape index (κ2) is 16.1. The highest BCUT2D eigenvalue weighted by Gasteiger charge is 2.38. The van der Waals surface area contributed by atoms with Crippen molar-refractivity contribution in [2.75, 3.05) is 5.75 Å². The van der Waals surface area contributed by atoms with Crippen LogP contribution in [0.5, 0.6) is 0 Å². The van der Waals surface area contributed by atoms with Gasteiger partial charge in [0.1, 0.15) is 0 Å².